The molecule has 154 valence electrons. The second-order valence-electron chi connectivity index (χ2n) is 6.74. The van der Waals surface area contributed by atoms with Crippen LogP contribution in [0.4, 0.5) is 10.5 Å². The average Bonchev–Trinajstić information content (AvgIpc) is 3.11. The van der Waals surface area contributed by atoms with Crippen molar-refractivity contribution in [3.63, 3.8) is 0 Å². The number of hydrogen-bond acceptors (Lipinski definition) is 5. The molecule has 0 radical (unpaired) electrons. The van der Waals surface area contributed by atoms with E-state index in [4.69, 9.17) is 16.3 Å². The van der Waals surface area contributed by atoms with E-state index in [1.54, 1.807) is 36.0 Å². The van der Waals surface area contributed by atoms with Crippen molar-refractivity contribution in [2.75, 3.05) is 24.7 Å². The molecule has 0 aliphatic carbocycles. The molecule has 0 saturated carbocycles. The van der Waals surface area contributed by atoms with Crippen LogP contribution in [0.3, 0.4) is 0 Å². The number of halogens is 1. The monoisotopic (exact) mass is 443 g/mol. The van der Waals surface area contributed by atoms with Crippen molar-refractivity contribution in [1.29, 1.82) is 0 Å². The summed E-state index contributed by atoms with van der Waals surface area (Å²) in [5.41, 5.74) is 2.05. The minimum atomic E-state index is -0.620. The molecule has 2 aromatic carbocycles. The maximum atomic E-state index is 12.8. The Hall–Kier alpha value is -2.97. The van der Waals surface area contributed by atoms with Crippen LogP contribution in [0.25, 0.3) is 0 Å². The lowest BCUT2D eigenvalue weighted by Crippen LogP contribution is -2.49. The minimum Gasteiger partial charge on any atom is -0.456 e. The molecule has 0 fully saturated rings. The molecule has 7 nitrogen and oxygen atoms in total. The van der Waals surface area contributed by atoms with Crippen LogP contribution in [-0.2, 0) is 14.3 Å². The molecular weight excluding hydrogens is 426 g/mol. The van der Waals surface area contributed by atoms with Gasteiger partial charge in [-0.3, -0.25) is 9.69 Å². The van der Waals surface area contributed by atoms with E-state index < -0.39 is 23.9 Å². The van der Waals surface area contributed by atoms with E-state index in [1.807, 2.05) is 30.5 Å². The Balaban J connectivity index is 1.58. The van der Waals surface area contributed by atoms with Crippen molar-refractivity contribution in [2.45, 2.75) is 10.9 Å². The molecule has 0 spiro atoms. The fourth-order valence-electron chi connectivity index (χ4n) is 3.44. The zero-order valence-electron chi connectivity index (χ0n) is 16.0. The number of anilines is 1. The van der Waals surface area contributed by atoms with Gasteiger partial charge in [0.1, 0.15) is 13.2 Å². The van der Waals surface area contributed by atoms with Crippen molar-refractivity contribution in [2.24, 2.45) is 0 Å². The smallest absolute Gasteiger partial charge is 0.338 e. The number of carbonyl (C=O) groups excluding carboxylic acids is 3. The van der Waals surface area contributed by atoms with Crippen molar-refractivity contribution >= 4 is 47.0 Å². The molecule has 0 aromatic heterocycles. The first-order valence-corrected chi connectivity index (χ1v) is 10.7. The first-order chi connectivity index (χ1) is 14.5. The number of nitrogens with zero attached hydrogens (tertiary/aromatic N) is 1. The second kappa shape index (κ2) is 8.41. The summed E-state index contributed by atoms with van der Waals surface area (Å²) in [6.07, 6.45) is 1.97. The van der Waals surface area contributed by atoms with Gasteiger partial charge in [-0.25, -0.2) is 9.59 Å². The number of thioether (sulfide) groups is 1. The molecular formula is C21H18ClN3O4S. The van der Waals surface area contributed by atoms with Crippen LogP contribution in [0.15, 0.2) is 64.7 Å². The molecule has 4 rings (SSSR count). The molecule has 9 heteroatoms. The van der Waals surface area contributed by atoms with Gasteiger partial charge in [0, 0.05) is 15.6 Å². The molecule has 2 aliphatic rings. The molecule has 2 heterocycles. The molecule has 1 unspecified atom stereocenters. The highest BCUT2D eigenvalue weighted by atomic mass is 35.5. The summed E-state index contributed by atoms with van der Waals surface area (Å²) in [5.74, 6) is -0.911. The maximum Gasteiger partial charge on any atom is 0.338 e. The lowest BCUT2D eigenvalue weighted by Gasteiger charge is -2.32. The second-order valence-corrected chi connectivity index (χ2v) is 8.05. The fourth-order valence-corrected chi connectivity index (χ4v) is 4.03. The predicted octanol–water partition coefficient (Wildman–Crippen LogP) is 3.58. The summed E-state index contributed by atoms with van der Waals surface area (Å²) in [6.45, 7) is -0.308. The predicted molar refractivity (Wildman–Crippen MR) is 114 cm³/mol. The Labute approximate surface area is 182 Å². The highest BCUT2D eigenvalue weighted by Gasteiger charge is 2.42. The SMILES string of the molecule is CSc1ccc(C2NC(=O)N(CC(=O)Nc3cccc(Cl)c3)C3=C2C(=O)OC3)cc1. The largest absolute Gasteiger partial charge is 0.456 e. The van der Waals surface area contributed by atoms with Gasteiger partial charge in [-0.2, -0.15) is 0 Å². The highest BCUT2D eigenvalue weighted by Crippen LogP contribution is 2.35. The molecule has 1 atom stereocenters. The van der Waals surface area contributed by atoms with Gasteiger partial charge in [0.25, 0.3) is 0 Å². The number of ether oxygens (including phenoxy) is 1. The van der Waals surface area contributed by atoms with Crippen LogP contribution in [0.5, 0.6) is 0 Å². The van der Waals surface area contributed by atoms with Crippen LogP contribution in [0, 0.1) is 0 Å². The van der Waals surface area contributed by atoms with Gasteiger partial charge in [-0.05, 0) is 42.2 Å². The van der Waals surface area contributed by atoms with E-state index in [1.165, 1.54) is 4.90 Å². The quantitative estimate of drug-likeness (QED) is 0.544. The standard InChI is InChI=1S/C21H18ClN3O4S/c1-30-15-7-5-12(6-8-15)19-18-16(11-29-20(18)27)25(21(28)24-19)10-17(26)23-14-4-2-3-13(22)9-14/h2-9,19H,10-11H2,1H3,(H,23,26)(H,24,28). The van der Waals surface area contributed by atoms with Gasteiger partial charge < -0.3 is 15.4 Å². The van der Waals surface area contributed by atoms with Gasteiger partial charge >= 0.3 is 12.0 Å². The van der Waals surface area contributed by atoms with Crippen molar-refractivity contribution in [3.05, 3.63) is 70.4 Å². The summed E-state index contributed by atoms with van der Waals surface area (Å²) < 4.78 is 5.19. The van der Waals surface area contributed by atoms with Gasteiger partial charge in [-0.15, -0.1) is 11.8 Å². The first-order valence-electron chi connectivity index (χ1n) is 9.14. The number of esters is 1. The van der Waals surface area contributed by atoms with Crippen LogP contribution in [0.1, 0.15) is 11.6 Å². The van der Waals surface area contributed by atoms with Crippen molar-refractivity contribution < 1.29 is 19.1 Å². The summed E-state index contributed by atoms with van der Waals surface area (Å²) in [6, 6.07) is 13.2. The molecule has 0 bridgehead atoms. The zero-order chi connectivity index (χ0) is 21.3. The third-order valence-electron chi connectivity index (χ3n) is 4.86. The third-order valence-corrected chi connectivity index (χ3v) is 5.84. The summed E-state index contributed by atoms with van der Waals surface area (Å²) in [5, 5.41) is 6.01. The molecule has 2 aromatic rings. The fraction of sp³-hybridized carbons (Fsp3) is 0.190. The highest BCUT2D eigenvalue weighted by molar-refractivity contribution is 7.98. The Kier molecular flexibility index (Phi) is 5.69. The number of amides is 3. The third kappa shape index (κ3) is 4.01. The Morgan fingerprint density at radius 3 is 2.73 bits per heavy atom. The minimum absolute atomic E-state index is 0.0502. The normalized spacial score (nSPS) is 18.1. The van der Waals surface area contributed by atoms with Gasteiger partial charge in [0.15, 0.2) is 0 Å². The number of hydrogen-bond donors (Lipinski definition) is 2. The van der Waals surface area contributed by atoms with Gasteiger partial charge in [0.05, 0.1) is 17.3 Å². The summed E-state index contributed by atoms with van der Waals surface area (Å²) in [4.78, 5) is 40.0. The van der Waals surface area contributed by atoms with E-state index >= 15 is 0 Å². The van der Waals surface area contributed by atoms with Crippen molar-refractivity contribution in [1.82, 2.24) is 10.2 Å². The lowest BCUT2D eigenvalue weighted by molar-refractivity contribution is -0.136. The Morgan fingerprint density at radius 2 is 2.03 bits per heavy atom. The van der Waals surface area contributed by atoms with E-state index in [9.17, 15) is 14.4 Å². The number of benzene rings is 2. The zero-order valence-corrected chi connectivity index (χ0v) is 17.5. The van der Waals surface area contributed by atoms with E-state index in [0.29, 0.717) is 22.0 Å². The Morgan fingerprint density at radius 1 is 1.27 bits per heavy atom. The average molecular weight is 444 g/mol. The van der Waals surface area contributed by atoms with E-state index in [-0.39, 0.29) is 13.2 Å². The van der Waals surface area contributed by atoms with Crippen molar-refractivity contribution in [3.8, 4) is 0 Å². The molecule has 3 amide bonds. The molecule has 2 aliphatic heterocycles. The molecule has 0 saturated heterocycles. The van der Waals surface area contributed by atoms with Crippen LogP contribution in [0.2, 0.25) is 5.02 Å². The number of carbonyl (C=O) groups is 3. The number of urea groups is 1. The molecule has 2 N–H and O–H groups in total. The van der Waals surface area contributed by atoms with Crippen LogP contribution < -0.4 is 10.6 Å². The van der Waals surface area contributed by atoms with Gasteiger partial charge in [0.2, 0.25) is 5.91 Å². The Bertz CT molecular complexity index is 1050. The number of cyclic esters (lactones) is 1. The molecule has 30 heavy (non-hydrogen) atoms. The maximum absolute atomic E-state index is 12.8. The first kappa shape index (κ1) is 20.3. The lowest BCUT2D eigenvalue weighted by atomic mass is 9.96. The van der Waals surface area contributed by atoms with E-state index in [0.717, 1.165) is 10.5 Å². The summed E-state index contributed by atoms with van der Waals surface area (Å²) >= 11 is 7.54. The number of rotatable bonds is 5. The van der Waals surface area contributed by atoms with E-state index in [2.05, 4.69) is 10.6 Å². The number of nitrogens with one attached hydrogen (secondary N) is 2. The summed E-state index contributed by atoms with van der Waals surface area (Å²) in [7, 11) is 0. The van der Waals surface area contributed by atoms with Crippen LogP contribution >= 0.6 is 23.4 Å². The van der Waals surface area contributed by atoms with Crippen LogP contribution in [-0.4, -0.2) is 42.2 Å². The van der Waals surface area contributed by atoms with Gasteiger partial charge in [-0.1, -0.05) is 29.8 Å². The topological polar surface area (TPSA) is 87.7 Å².